The lowest BCUT2D eigenvalue weighted by molar-refractivity contribution is 0.0691. The second-order valence-corrected chi connectivity index (χ2v) is 4.56. The molecule has 0 saturated carbocycles. The Balaban J connectivity index is 1.97. The highest BCUT2D eigenvalue weighted by Crippen LogP contribution is 2.09. The zero-order valence-corrected chi connectivity index (χ0v) is 10.4. The summed E-state index contributed by atoms with van der Waals surface area (Å²) in [5.41, 5.74) is 0.549. The highest BCUT2D eigenvalue weighted by molar-refractivity contribution is 7.09. The van der Waals surface area contributed by atoms with Crippen LogP contribution in [0, 0.1) is 0 Å². The molecule has 2 aromatic heterocycles. The van der Waals surface area contributed by atoms with Crippen molar-refractivity contribution in [2.45, 2.75) is 6.54 Å². The molecule has 0 atom stereocenters. The summed E-state index contributed by atoms with van der Waals surface area (Å²) in [6, 6.07) is 3.49. The number of nitrogens with one attached hydrogen (secondary N) is 1. The number of carbonyl (C=O) groups is 2. The molecular formula is C11H11N3O3S. The monoisotopic (exact) mass is 265 g/mol. The Morgan fingerprint density at radius 2 is 2.33 bits per heavy atom. The largest absolute Gasteiger partial charge is 0.476 e. The number of hydrogen-bond donors (Lipinski definition) is 2. The summed E-state index contributed by atoms with van der Waals surface area (Å²) in [6.45, 7) is 0.224. The normalized spacial score (nSPS) is 10.3. The van der Waals surface area contributed by atoms with Crippen LogP contribution in [-0.4, -0.2) is 26.5 Å². The molecule has 2 rings (SSSR count). The van der Waals surface area contributed by atoms with Gasteiger partial charge < -0.3 is 15.0 Å². The fraction of sp³-hybridized carbons (Fsp3) is 0.182. The number of carboxylic acids is 1. The number of carboxylic acid groups (broad SMARTS) is 1. The fourth-order valence-electron chi connectivity index (χ4n) is 1.43. The Morgan fingerprint density at radius 1 is 1.56 bits per heavy atom. The van der Waals surface area contributed by atoms with Crippen LogP contribution in [0.25, 0.3) is 0 Å². The van der Waals surface area contributed by atoms with Crippen molar-refractivity contribution in [1.82, 2.24) is 14.9 Å². The van der Waals surface area contributed by atoms with E-state index in [2.05, 4.69) is 10.3 Å². The predicted octanol–water partition coefficient (Wildman–Crippen LogP) is 1.11. The van der Waals surface area contributed by atoms with Crippen molar-refractivity contribution in [3.63, 3.8) is 0 Å². The van der Waals surface area contributed by atoms with Crippen molar-refractivity contribution in [3.05, 3.63) is 40.1 Å². The quantitative estimate of drug-likeness (QED) is 0.867. The zero-order valence-electron chi connectivity index (χ0n) is 9.58. The molecule has 0 aromatic carbocycles. The van der Waals surface area contributed by atoms with Gasteiger partial charge in [-0.25, -0.2) is 9.78 Å². The van der Waals surface area contributed by atoms with Crippen molar-refractivity contribution < 1.29 is 14.7 Å². The first-order valence-electron chi connectivity index (χ1n) is 5.15. The average molecular weight is 265 g/mol. The molecule has 1 amide bonds. The average Bonchev–Trinajstić information content (AvgIpc) is 2.94. The van der Waals surface area contributed by atoms with Gasteiger partial charge in [0.1, 0.15) is 10.7 Å². The van der Waals surface area contributed by atoms with Gasteiger partial charge in [0.05, 0.1) is 6.54 Å². The highest BCUT2D eigenvalue weighted by atomic mass is 32.1. The number of nitrogens with zero attached hydrogens (tertiary/aromatic N) is 2. The molecule has 94 valence electrons. The SMILES string of the molecule is Cn1cccc1C(=O)NCc1nc(C(=O)O)cs1. The molecule has 0 spiro atoms. The van der Waals surface area contributed by atoms with E-state index in [1.807, 2.05) is 0 Å². The van der Waals surface area contributed by atoms with Crippen molar-refractivity contribution in [3.8, 4) is 0 Å². The third kappa shape index (κ3) is 2.57. The van der Waals surface area contributed by atoms with Crippen LogP contribution in [0.3, 0.4) is 0 Å². The number of aromatic nitrogens is 2. The Labute approximate surface area is 107 Å². The summed E-state index contributed by atoms with van der Waals surface area (Å²) in [5.74, 6) is -1.28. The van der Waals surface area contributed by atoms with Crippen molar-refractivity contribution in [2.75, 3.05) is 0 Å². The second-order valence-electron chi connectivity index (χ2n) is 3.62. The van der Waals surface area contributed by atoms with Crippen LogP contribution in [0.4, 0.5) is 0 Å². The minimum atomic E-state index is -1.06. The third-order valence-electron chi connectivity index (χ3n) is 2.35. The first kappa shape index (κ1) is 12.3. The number of thiazole rings is 1. The van der Waals surface area contributed by atoms with Crippen LogP contribution in [-0.2, 0) is 13.6 Å². The van der Waals surface area contributed by atoms with Crippen LogP contribution in [0.2, 0.25) is 0 Å². The Kier molecular flexibility index (Phi) is 3.42. The van der Waals surface area contributed by atoms with Gasteiger partial charge in [0.2, 0.25) is 0 Å². The molecule has 2 aromatic rings. The minimum Gasteiger partial charge on any atom is -0.476 e. The number of hydrogen-bond acceptors (Lipinski definition) is 4. The van der Waals surface area contributed by atoms with Gasteiger partial charge in [-0.3, -0.25) is 4.79 Å². The standard InChI is InChI=1S/C11H11N3O3S/c1-14-4-2-3-8(14)10(15)12-5-9-13-7(6-18-9)11(16)17/h2-4,6H,5H2,1H3,(H,12,15)(H,16,17). The lowest BCUT2D eigenvalue weighted by Crippen LogP contribution is -2.24. The van der Waals surface area contributed by atoms with E-state index < -0.39 is 5.97 Å². The van der Waals surface area contributed by atoms with E-state index in [1.54, 1.807) is 29.9 Å². The van der Waals surface area contributed by atoms with Crippen molar-refractivity contribution in [2.24, 2.45) is 7.05 Å². The molecular weight excluding hydrogens is 254 g/mol. The van der Waals surface area contributed by atoms with Crippen LogP contribution in [0.15, 0.2) is 23.7 Å². The summed E-state index contributed by atoms with van der Waals surface area (Å²) in [7, 11) is 1.78. The fourth-order valence-corrected chi connectivity index (χ4v) is 2.14. The highest BCUT2D eigenvalue weighted by Gasteiger charge is 2.11. The van der Waals surface area contributed by atoms with Gasteiger partial charge in [0, 0.05) is 18.6 Å². The van der Waals surface area contributed by atoms with Gasteiger partial charge >= 0.3 is 5.97 Å². The maximum absolute atomic E-state index is 11.8. The van der Waals surface area contributed by atoms with Gasteiger partial charge in [-0.15, -0.1) is 11.3 Å². The molecule has 6 nitrogen and oxygen atoms in total. The molecule has 18 heavy (non-hydrogen) atoms. The molecule has 2 N–H and O–H groups in total. The van der Waals surface area contributed by atoms with E-state index in [0.29, 0.717) is 10.7 Å². The first-order valence-corrected chi connectivity index (χ1v) is 6.03. The van der Waals surface area contributed by atoms with Gasteiger partial charge in [-0.2, -0.15) is 0 Å². The van der Waals surface area contributed by atoms with Crippen LogP contribution < -0.4 is 5.32 Å². The topological polar surface area (TPSA) is 84.2 Å². The van der Waals surface area contributed by atoms with Crippen molar-refractivity contribution >= 4 is 23.2 Å². The smallest absolute Gasteiger partial charge is 0.355 e. The molecule has 2 heterocycles. The Bertz CT molecular complexity index is 588. The molecule has 7 heteroatoms. The minimum absolute atomic E-state index is 0.00288. The van der Waals surface area contributed by atoms with E-state index in [-0.39, 0.29) is 18.1 Å². The Morgan fingerprint density at radius 3 is 2.89 bits per heavy atom. The molecule has 0 fully saturated rings. The van der Waals surface area contributed by atoms with E-state index in [1.165, 1.54) is 16.7 Å². The predicted molar refractivity (Wildman–Crippen MR) is 65.7 cm³/mol. The number of aryl methyl sites for hydroxylation is 1. The molecule has 0 unspecified atom stereocenters. The lowest BCUT2D eigenvalue weighted by atomic mass is 10.4. The maximum Gasteiger partial charge on any atom is 0.355 e. The Hall–Kier alpha value is -2.15. The van der Waals surface area contributed by atoms with Crippen LogP contribution in [0.5, 0.6) is 0 Å². The maximum atomic E-state index is 11.8. The zero-order chi connectivity index (χ0) is 13.1. The van der Waals surface area contributed by atoms with Gasteiger partial charge in [0.15, 0.2) is 5.69 Å². The third-order valence-corrected chi connectivity index (χ3v) is 3.20. The second kappa shape index (κ2) is 5.01. The van der Waals surface area contributed by atoms with Gasteiger partial charge in [-0.05, 0) is 12.1 Å². The van der Waals surface area contributed by atoms with Gasteiger partial charge in [0.25, 0.3) is 5.91 Å². The number of aromatic carboxylic acids is 1. The van der Waals surface area contributed by atoms with Gasteiger partial charge in [-0.1, -0.05) is 0 Å². The van der Waals surface area contributed by atoms with Crippen LogP contribution in [0.1, 0.15) is 26.0 Å². The number of rotatable bonds is 4. The molecule has 0 aliphatic carbocycles. The van der Waals surface area contributed by atoms with E-state index >= 15 is 0 Å². The first-order chi connectivity index (χ1) is 8.58. The summed E-state index contributed by atoms with van der Waals surface area (Å²) < 4.78 is 1.71. The molecule has 0 bridgehead atoms. The van der Waals surface area contributed by atoms with E-state index in [0.717, 1.165) is 0 Å². The van der Waals surface area contributed by atoms with E-state index in [9.17, 15) is 9.59 Å². The number of amides is 1. The molecule has 0 radical (unpaired) electrons. The summed E-state index contributed by atoms with van der Waals surface area (Å²) in [5, 5.41) is 13.4. The van der Waals surface area contributed by atoms with Crippen molar-refractivity contribution in [1.29, 1.82) is 0 Å². The lowest BCUT2D eigenvalue weighted by Gasteiger charge is -2.03. The summed E-state index contributed by atoms with van der Waals surface area (Å²) >= 11 is 1.21. The molecule has 0 aliphatic rings. The molecule has 0 aliphatic heterocycles. The summed E-state index contributed by atoms with van der Waals surface area (Å²) in [4.78, 5) is 26.3. The summed E-state index contributed by atoms with van der Waals surface area (Å²) in [6.07, 6.45) is 1.78. The number of carbonyl (C=O) groups excluding carboxylic acids is 1. The van der Waals surface area contributed by atoms with Crippen LogP contribution >= 0.6 is 11.3 Å². The van der Waals surface area contributed by atoms with E-state index in [4.69, 9.17) is 5.11 Å². The molecule has 0 saturated heterocycles.